The van der Waals surface area contributed by atoms with Crippen molar-refractivity contribution in [3.05, 3.63) is 0 Å². The summed E-state index contributed by atoms with van der Waals surface area (Å²) in [7, 11) is 0. The highest BCUT2D eigenvalue weighted by Gasteiger charge is 2.17. The number of unbranched alkanes of at least 4 members (excludes halogenated alkanes) is 3. The van der Waals surface area contributed by atoms with E-state index in [1.54, 1.807) is 0 Å². The Hall–Kier alpha value is -1.59. The van der Waals surface area contributed by atoms with Gasteiger partial charge in [-0.25, -0.2) is 0 Å². The molecule has 118 valence electrons. The van der Waals surface area contributed by atoms with E-state index in [1.807, 2.05) is 6.92 Å². The smallest absolute Gasteiger partial charge is 0.323 e. The second-order valence-electron chi connectivity index (χ2n) is 5.38. The molecule has 2 rings (SSSR count). The molecule has 1 aromatic heterocycles. The molecule has 0 radical (unpaired) electrons. The summed E-state index contributed by atoms with van der Waals surface area (Å²) in [5, 5.41) is 3.15. The monoisotopic (exact) mass is 293 g/mol. The van der Waals surface area contributed by atoms with Gasteiger partial charge < -0.3 is 15.0 Å². The lowest BCUT2D eigenvalue weighted by Gasteiger charge is -2.16. The molecule has 1 N–H and O–H groups in total. The predicted octanol–water partition coefficient (Wildman–Crippen LogP) is 2.86. The maximum Gasteiger partial charge on any atom is 0.323 e. The van der Waals surface area contributed by atoms with Crippen molar-refractivity contribution in [1.29, 1.82) is 0 Å². The first-order valence-electron chi connectivity index (χ1n) is 8.21. The van der Waals surface area contributed by atoms with Crippen molar-refractivity contribution in [3.8, 4) is 6.01 Å². The molecule has 1 aliphatic heterocycles. The summed E-state index contributed by atoms with van der Waals surface area (Å²) in [6, 6.07) is 0.444. The number of rotatable bonds is 9. The van der Waals surface area contributed by atoms with Crippen molar-refractivity contribution in [2.24, 2.45) is 0 Å². The highest BCUT2D eigenvalue weighted by atomic mass is 16.5. The third-order valence-electron chi connectivity index (χ3n) is 3.56. The Kier molecular flexibility index (Phi) is 6.50. The molecular weight excluding hydrogens is 266 g/mol. The van der Waals surface area contributed by atoms with Crippen molar-refractivity contribution >= 4 is 11.9 Å². The molecule has 1 saturated heterocycles. The highest BCUT2D eigenvalue weighted by molar-refractivity contribution is 5.39. The zero-order valence-electron chi connectivity index (χ0n) is 13.3. The van der Waals surface area contributed by atoms with E-state index in [4.69, 9.17) is 4.74 Å². The van der Waals surface area contributed by atoms with Gasteiger partial charge in [0, 0.05) is 19.6 Å². The molecule has 1 aromatic rings. The van der Waals surface area contributed by atoms with Crippen LogP contribution >= 0.6 is 0 Å². The van der Waals surface area contributed by atoms with Crippen LogP contribution in [0, 0.1) is 0 Å². The lowest BCUT2D eigenvalue weighted by molar-refractivity contribution is 0.281. The molecule has 21 heavy (non-hydrogen) atoms. The summed E-state index contributed by atoms with van der Waals surface area (Å²) in [6.07, 6.45) is 7.14. The maximum atomic E-state index is 5.71. The molecular formula is C15H27N5O. The quantitative estimate of drug-likeness (QED) is 0.706. The SMILES string of the molecule is CCCCCCOc1nc(NCC)nc(N2CCCC2)n1. The first-order valence-corrected chi connectivity index (χ1v) is 8.21. The number of nitrogens with zero attached hydrogens (tertiary/aromatic N) is 4. The molecule has 0 bridgehead atoms. The van der Waals surface area contributed by atoms with Gasteiger partial charge in [0.15, 0.2) is 0 Å². The van der Waals surface area contributed by atoms with Crippen molar-refractivity contribution < 1.29 is 4.74 Å². The Bertz CT molecular complexity index is 421. The van der Waals surface area contributed by atoms with Crippen LogP contribution in [0.5, 0.6) is 6.01 Å². The summed E-state index contributed by atoms with van der Waals surface area (Å²) in [4.78, 5) is 15.5. The minimum absolute atomic E-state index is 0.444. The molecule has 0 atom stereocenters. The third kappa shape index (κ3) is 5.02. The molecule has 6 heteroatoms. The van der Waals surface area contributed by atoms with Crippen LogP contribution in [-0.2, 0) is 0 Å². The van der Waals surface area contributed by atoms with E-state index in [-0.39, 0.29) is 0 Å². The molecule has 2 heterocycles. The van der Waals surface area contributed by atoms with Crippen molar-refractivity contribution in [3.63, 3.8) is 0 Å². The van der Waals surface area contributed by atoms with Crippen LogP contribution in [0.1, 0.15) is 52.4 Å². The summed E-state index contributed by atoms with van der Waals surface area (Å²) in [6.45, 7) is 7.74. The summed E-state index contributed by atoms with van der Waals surface area (Å²) in [5.74, 6) is 1.35. The van der Waals surface area contributed by atoms with Gasteiger partial charge in [-0.3, -0.25) is 0 Å². The van der Waals surface area contributed by atoms with Gasteiger partial charge in [0.05, 0.1) is 6.61 Å². The van der Waals surface area contributed by atoms with E-state index in [9.17, 15) is 0 Å². The molecule has 0 spiro atoms. The van der Waals surface area contributed by atoms with Crippen LogP contribution in [0.25, 0.3) is 0 Å². The van der Waals surface area contributed by atoms with Gasteiger partial charge in [-0.1, -0.05) is 26.2 Å². The zero-order valence-corrected chi connectivity index (χ0v) is 13.3. The van der Waals surface area contributed by atoms with Gasteiger partial charge in [0.25, 0.3) is 0 Å². The Labute approximate surface area is 127 Å². The van der Waals surface area contributed by atoms with Crippen LogP contribution < -0.4 is 15.0 Å². The van der Waals surface area contributed by atoms with Gasteiger partial charge in [-0.05, 0) is 26.2 Å². The Morgan fingerprint density at radius 2 is 1.86 bits per heavy atom. The zero-order chi connectivity index (χ0) is 14.9. The fourth-order valence-electron chi connectivity index (χ4n) is 2.40. The third-order valence-corrected chi connectivity index (χ3v) is 3.56. The molecule has 0 amide bonds. The van der Waals surface area contributed by atoms with Crippen LogP contribution in [0.15, 0.2) is 0 Å². The van der Waals surface area contributed by atoms with E-state index in [1.165, 1.54) is 32.1 Å². The van der Waals surface area contributed by atoms with Crippen molar-refractivity contribution in [2.45, 2.75) is 52.4 Å². The van der Waals surface area contributed by atoms with E-state index < -0.39 is 0 Å². The fourth-order valence-corrected chi connectivity index (χ4v) is 2.40. The lowest BCUT2D eigenvalue weighted by atomic mass is 10.2. The number of hydrogen-bond acceptors (Lipinski definition) is 6. The molecule has 0 unspecified atom stereocenters. The average Bonchev–Trinajstić information content (AvgIpc) is 3.01. The number of aromatic nitrogens is 3. The van der Waals surface area contributed by atoms with Gasteiger partial charge in [0.2, 0.25) is 11.9 Å². The predicted molar refractivity (Wildman–Crippen MR) is 85.1 cm³/mol. The second kappa shape index (κ2) is 8.64. The second-order valence-corrected chi connectivity index (χ2v) is 5.38. The van der Waals surface area contributed by atoms with Crippen LogP contribution in [-0.4, -0.2) is 41.2 Å². The fraction of sp³-hybridized carbons (Fsp3) is 0.800. The number of anilines is 2. The van der Waals surface area contributed by atoms with Crippen LogP contribution in [0.3, 0.4) is 0 Å². The topological polar surface area (TPSA) is 63.2 Å². The normalized spacial score (nSPS) is 14.5. The van der Waals surface area contributed by atoms with E-state index in [2.05, 4.69) is 32.1 Å². The standard InChI is InChI=1S/C15H27N5O/c1-3-5-6-9-12-21-15-18-13(16-4-2)17-14(19-15)20-10-7-8-11-20/h3-12H2,1-2H3,(H,16,17,18,19). The van der Waals surface area contributed by atoms with Crippen LogP contribution in [0.4, 0.5) is 11.9 Å². The Morgan fingerprint density at radius 3 is 2.57 bits per heavy atom. The minimum Gasteiger partial charge on any atom is -0.463 e. The van der Waals surface area contributed by atoms with E-state index in [0.717, 1.165) is 32.0 Å². The van der Waals surface area contributed by atoms with Gasteiger partial charge in [-0.15, -0.1) is 0 Å². The molecule has 0 saturated carbocycles. The minimum atomic E-state index is 0.444. The van der Waals surface area contributed by atoms with Gasteiger partial charge >= 0.3 is 6.01 Å². The summed E-state index contributed by atoms with van der Waals surface area (Å²) in [5.41, 5.74) is 0. The molecule has 0 aromatic carbocycles. The number of nitrogens with one attached hydrogen (secondary N) is 1. The molecule has 0 aliphatic carbocycles. The van der Waals surface area contributed by atoms with Crippen molar-refractivity contribution in [1.82, 2.24) is 15.0 Å². The van der Waals surface area contributed by atoms with E-state index >= 15 is 0 Å². The maximum absolute atomic E-state index is 5.71. The number of hydrogen-bond donors (Lipinski definition) is 1. The Balaban J connectivity index is 1.97. The number of ether oxygens (including phenoxy) is 1. The summed E-state index contributed by atoms with van der Waals surface area (Å²) < 4.78 is 5.71. The average molecular weight is 293 g/mol. The first-order chi connectivity index (χ1) is 10.3. The summed E-state index contributed by atoms with van der Waals surface area (Å²) >= 11 is 0. The largest absolute Gasteiger partial charge is 0.463 e. The van der Waals surface area contributed by atoms with Crippen LogP contribution in [0.2, 0.25) is 0 Å². The molecule has 1 fully saturated rings. The van der Waals surface area contributed by atoms with Crippen molar-refractivity contribution in [2.75, 3.05) is 36.5 Å². The molecule has 6 nitrogen and oxygen atoms in total. The van der Waals surface area contributed by atoms with E-state index in [0.29, 0.717) is 18.6 Å². The lowest BCUT2D eigenvalue weighted by Crippen LogP contribution is -2.22. The molecule has 1 aliphatic rings. The van der Waals surface area contributed by atoms with Gasteiger partial charge in [-0.2, -0.15) is 15.0 Å². The highest BCUT2D eigenvalue weighted by Crippen LogP contribution is 2.19. The van der Waals surface area contributed by atoms with Gasteiger partial charge in [0.1, 0.15) is 0 Å². The Morgan fingerprint density at radius 1 is 1.05 bits per heavy atom. The first kappa shape index (κ1) is 15.8.